The van der Waals surface area contributed by atoms with Gasteiger partial charge in [-0.1, -0.05) is 30.4 Å². The van der Waals surface area contributed by atoms with E-state index in [1.165, 1.54) is 11.1 Å². The molecule has 0 bridgehead atoms. The molecule has 0 radical (unpaired) electrons. The quantitative estimate of drug-likeness (QED) is 0.640. The maximum atomic E-state index is 4.66. The average molecular weight is 220 g/mol. The molecule has 0 saturated carbocycles. The third-order valence-corrected chi connectivity index (χ3v) is 2.84. The molecule has 0 atom stereocenters. The average Bonchev–Trinajstić information content (AvgIpc) is 2.47. The number of hydrogen-bond donors (Lipinski definition) is 0. The van der Waals surface area contributed by atoms with Crippen LogP contribution in [0.15, 0.2) is 70.3 Å². The first-order chi connectivity index (χ1) is 8.43. The summed E-state index contributed by atoms with van der Waals surface area (Å²) in [6.07, 6.45) is 12.5. The molecule has 0 fully saturated rings. The van der Waals surface area contributed by atoms with Crippen LogP contribution in [-0.2, 0) is 6.42 Å². The summed E-state index contributed by atoms with van der Waals surface area (Å²) in [6.45, 7) is 0. The molecule has 0 aliphatic carbocycles. The van der Waals surface area contributed by atoms with E-state index in [2.05, 4.69) is 34.3 Å². The van der Waals surface area contributed by atoms with Crippen molar-refractivity contribution in [1.82, 2.24) is 0 Å². The van der Waals surface area contributed by atoms with Gasteiger partial charge in [0.2, 0.25) is 0 Å². The second-order valence-corrected chi connectivity index (χ2v) is 3.99. The highest BCUT2D eigenvalue weighted by atomic mass is 14.8. The fourth-order valence-corrected chi connectivity index (χ4v) is 1.99. The van der Waals surface area contributed by atoms with Crippen LogP contribution < -0.4 is 0 Å². The van der Waals surface area contributed by atoms with Gasteiger partial charge < -0.3 is 0 Å². The Morgan fingerprint density at radius 2 is 2.00 bits per heavy atom. The highest BCUT2D eigenvalue weighted by molar-refractivity contribution is 6.11. The summed E-state index contributed by atoms with van der Waals surface area (Å²) in [6, 6.07) is 8.27. The minimum atomic E-state index is 0.934. The molecule has 0 amide bonds. The van der Waals surface area contributed by atoms with Gasteiger partial charge in [-0.15, -0.1) is 0 Å². The molecule has 1 aromatic carbocycles. The normalized spacial score (nSPS) is 25.9. The third-order valence-electron chi connectivity index (χ3n) is 2.84. The van der Waals surface area contributed by atoms with Crippen molar-refractivity contribution in [2.45, 2.75) is 6.42 Å². The zero-order valence-electron chi connectivity index (χ0n) is 9.38. The molecule has 2 aliphatic heterocycles. The maximum Gasteiger partial charge on any atom is 0.0687 e. The Labute approximate surface area is 100 Å². The van der Waals surface area contributed by atoms with Gasteiger partial charge in [-0.2, -0.15) is 0 Å². The molecule has 0 aromatic heterocycles. The molecule has 0 unspecified atom stereocenters. The smallest absolute Gasteiger partial charge is 0.0687 e. The van der Waals surface area contributed by atoms with Gasteiger partial charge in [-0.05, 0) is 29.4 Å². The zero-order chi connectivity index (χ0) is 11.5. The van der Waals surface area contributed by atoms with Gasteiger partial charge in [0.1, 0.15) is 0 Å². The third kappa shape index (κ3) is 2.02. The van der Waals surface area contributed by atoms with E-state index < -0.39 is 0 Å². The van der Waals surface area contributed by atoms with Gasteiger partial charge in [-0.25, -0.2) is 4.99 Å². The van der Waals surface area contributed by atoms with Crippen LogP contribution >= 0.6 is 0 Å². The summed E-state index contributed by atoms with van der Waals surface area (Å²) in [4.78, 5) is 8.80. The predicted octanol–water partition coefficient (Wildman–Crippen LogP) is 3.40. The van der Waals surface area contributed by atoms with E-state index in [1.54, 1.807) is 12.4 Å². The molecule has 0 saturated heterocycles. The summed E-state index contributed by atoms with van der Waals surface area (Å²) in [5, 5.41) is 0. The lowest BCUT2D eigenvalue weighted by Gasteiger charge is -2.16. The van der Waals surface area contributed by atoms with Gasteiger partial charge in [0.25, 0.3) is 0 Å². The van der Waals surface area contributed by atoms with E-state index in [-0.39, 0.29) is 0 Å². The van der Waals surface area contributed by atoms with E-state index in [0.29, 0.717) is 0 Å². The van der Waals surface area contributed by atoms with E-state index in [4.69, 9.17) is 0 Å². The number of para-hydroxylation sites is 1. The highest BCUT2D eigenvalue weighted by Crippen LogP contribution is 2.28. The second-order valence-electron chi connectivity index (χ2n) is 3.99. The fraction of sp³-hybridized carbons (Fsp3) is 0.0667. The number of allylic oxidation sites excluding steroid dienone is 5. The molecule has 17 heavy (non-hydrogen) atoms. The molecule has 3 rings (SSSR count). The molecule has 2 nitrogen and oxygen atoms in total. The summed E-state index contributed by atoms with van der Waals surface area (Å²) < 4.78 is 0. The summed E-state index contributed by atoms with van der Waals surface area (Å²) in [5.41, 5.74) is 4.59. The minimum Gasteiger partial charge on any atom is -0.265 e. The van der Waals surface area contributed by atoms with Crippen molar-refractivity contribution in [3.63, 3.8) is 0 Å². The molecular weight excluding hydrogens is 208 g/mol. The van der Waals surface area contributed by atoms with E-state index in [1.807, 2.05) is 24.3 Å². The Balaban J connectivity index is 2.12. The number of hydrogen-bond acceptors (Lipinski definition) is 2. The van der Waals surface area contributed by atoms with Gasteiger partial charge >= 0.3 is 0 Å². The van der Waals surface area contributed by atoms with E-state index in [9.17, 15) is 0 Å². The van der Waals surface area contributed by atoms with Crippen LogP contribution in [0.25, 0.3) is 0 Å². The summed E-state index contributed by atoms with van der Waals surface area (Å²) in [5.74, 6) is 0. The topological polar surface area (TPSA) is 24.7 Å². The van der Waals surface area contributed by atoms with Crippen molar-refractivity contribution in [1.29, 1.82) is 0 Å². The first-order valence-electron chi connectivity index (χ1n) is 5.66. The summed E-state index contributed by atoms with van der Waals surface area (Å²) in [7, 11) is 0. The van der Waals surface area contributed by atoms with Gasteiger partial charge in [-0.3, -0.25) is 4.99 Å². The Bertz CT molecular complexity index is 587. The number of benzene rings is 1. The first-order valence-corrected chi connectivity index (χ1v) is 5.66. The van der Waals surface area contributed by atoms with Crippen LogP contribution in [0.2, 0.25) is 0 Å². The lowest BCUT2D eigenvalue weighted by atomic mass is 9.96. The number of fused-ring (bicyclic) bond motifs is 2. The Kier molecular flexibility index (Phi) is 2.54. The Morgan fingerprint density at radius 1 is 1.06 bits per heavy atom. The zero-order valence-corrected chi connectivity index (χ0v) is 9.38. The first kappa shape index (κ1) is 9.97. The molecule has 2 aliphatic rings. The van der Waals surface area contributed by atoms with Crippen molar-refractivity contribution in [2.24, 2.45) is 9.98 Å². The molecule has 1 aromatic rings. The van der Waals surface area contributed by atoms with Crippen LogP contribution in [0.1, 0.15) is 5.56 Å². The second kappa shape index (κ2) is 4.34. The van der Waals surface area contributed by atoms with Gasteiger partial charge in [0, 0.05) is 18.8 Å². The van der Waals surface area contributed by atoms with Crippen molar-refractivity contribution >= 4 is 17.6 Å². The Hall–Kier alpha value is -2.22. The molecule has 82 valence electrons. The summed E-state index contributed by atoms with van der Waals surface area (Å²) >= 11 is 0. The Morgan fingerprint density at radius 3 is 3.00 bits per heavy atom. The molecule has 0 spiro atoms. The van der Waals surface area contributed by atoms with Crippen molar-refractivity contribution < 1.29 is 0 Å². The van der Waals surface area contributed by atoms with E-state index >= 15 is 0 Å². The molecule has 2 heterocycles. The predicted molar refractivity (Wildman–Crippen MR) is 72.1 cm³/mol. The lowest BCUT2D eigenvalue weighted by molar-refractivity contribution is 1.17. The van der Waals surface area contributed by atoms with Crippen molar-refractivity contribution in [3.05, 3.63) is 65.9 Å². The van der Waals surface area contributed by atoms with Crippen LogP contribution in [0.3, 0.4) is 0 Å². The van der Waals surface area contributed by atoms with Gasteiger partial charge in [0.15, 0.2) is 0 Å². The van der Waals surface area contributed by atoms with Gasteiger partial charge in [0.05, 0.1) is 11.4 Å². The standard InChI is InChI=1S/C15H12N2/c1-2-7-14-12(5-1)11-13-6-3-4-9-16-10-8-15(13)17-14/h1-10H,11H2/b4-3-,10-8-,13-6-,16-9-. The SMILES string of the molecule is C1=C\C=C2\Cc3ccccc3N=C2/C=C\N=C/1. The number of aliphatic imine (C=N–C) groups is 2. The molecular formula is C15H12N2. The highest BCUT2D eigenvalue weighted by Gasteiger charge is 2.14. The number of rotatable bonds is 0. The largest absolute Gasteiger partial charge is 0.265 e. The van der Waals surface area contributed by atoms with Crippen LogP contribution in [0.4, 0.5) is 5.69 Å². The molecule has 2 heteroatoms. The van der Waals surface area contributed by atoms with Crippen LogP contribution in [0.5, 0.6) is 0 Å². The lowest BCUT2D eigenvalue weighted by Crippen LogP contribution is -2.07. The fourth-order valence-electron chi connectivity index (χ4n) is 1.99. The van der Waals surface area contributed by atoms with Crippen molar-refractivity contribution in [2.75, 3.05) is 0 Å². The van der Waals surface area contributed by atoms with Crippen LogP contribution in [0, 0.1) is 0 Å². The maximum absolute atomic E-state index is 4.66. The monoisotopic (exact) mass is 220 g/mol. The minimum absolute atomic E-state index is 0.934. The van der Waals surface area contributed by atoms with Crippen molar-refractivity contribution in [3.8, 4) is 0 Å². The number of nitrogens with zero attached hydrogens (tertiary/aromatic N) is 2. The molecule has 0 N–H and O–H groups in total. The van der Waals surface area contributed by atoms with E-state index in [0.717, 1.165) is 17.8 Å². The van der Waals surface area contributed by atoms with Crippen LogP contribution in [-0.4, -0.2) is 11.9 Å².